The molecule has 104 valence electrons. The van der Waals surface area contributed by atoms with Crippen LogP contribution in [-0.2, 0) is 0 Å². The van der Waals surface area contributed by atoms with Crippen LogP contribution in [0.25, 0.3) is 4.96 Å². The van der Waals surface area contributed by atoms with Crippen molar-refractivity contribution in [3.05, 3.63) is 21.7 Å². The molecule has 0 bridgehead atoms. The van der Waals surface area contributed by atoms with E-state index in [0.717, 1.165) is 0 Å². The lowest BCUT2D eigenvalue weighted by molar-refractivity contribution is -0.389. The molecule has 0 aromatic carbocycles. The number of rotatable bonds is 6. The van der Waals surface area contributed by atoms with E-state index in [9.17, 15) is 15.2 Å². The van der Waals surface area contributed by atoms with E-state index in [1.807, 2.05) is 13.2 Å². The Bertz CT molecular complexity index is 578. The second kappa shape index (κ2) is 5.76. The van der Waals surface area contributed by atoms with E-state index in [1.165, 1.54) is 27.5 Å². The summed E-state index contributed by atoms with van der Waals surface area (Å²) in [7, 11) is 0. The van der Waals surface area contributed by atoms with Gasteiger partial charge in [0.05, 0.1) is 6.61 Å². The zero-order valence-corrected chi connectivity index (χ0v) is 12.1. The summed E-state index contributed by atoms with van der Waals surface area (Å²) < 4.78 is 1.45. The van der Waals surface area contributed by atoms with Gasteiger partial charge in [-0.25, -0.2) is 0 Å². The van der Waals surface area contributed by atoms with E-state index in [-0.39, 0.29) is 29.5 Å². The van der Waals surface area contributed by atoms with Crippen molar-refractivity contribution in [3.63, 3.8) is 0 Å². The van der Waals surface area contributed by atoms with Gasteiger partial charge >= 0.3 is 5.82 Å². The third-order valence-corrected chi connectivity index (χ3v) is 4.73. The maximum absolute atomic E-state index is 11.1. The number of nitrogens with zero attached hydrogens (tertiary/aromatic N) is 3. The van der Waals surface area contributed by atoms with E-state index in [1.54, 1.807) is 11.6 Å². The predicted molar refractivity (Wildman–Crippen MR) is 77.2 cm³/mol. The number of aliphatic hydroxyl groups excluding tert-OH is 1. The molecule has 0 fully saturated rings. The van der Waals surface area contributed by atoms with Crippen LogP contribution in [0.1, 0.15) is 6.92 Å². The molecule has 2 aromatic rings. The standard InChI is InChI=1S/C10H14N4O3S2/c1-6(7(5-15)18-2)11-8-9(14(16)17)13-3-4-19-10(13)12-8/h3-4,6-7,11,15H,5H2,1-2H3. The van der Waals surface area contributed by atoms with Gasteiger partial charge < -0.3 is 20.5 Å². The lowest BCUT2D eigenvalue weighted by Gasteiger charge is -2.20. The van der Waals surface area contributed by atoms with Crippen LogP contribution in [0.15, 0.2) is 11.6 Å². The number of thiazole rings is 1. The molecule has 2 heterocycles. The number of imidazole rings is 1. The Morgan fingerprint density at radius 2 is 2.47 bits per heavy atom. The van der Waals surface area contributed by atoms with Gasteiger partial charge in [-0.3, -0.25) is 0 Å². The number of fused-ring (bicyclic) bond motifs is 1. The first kappa shape index (κ1) is 14.1. The van der Waals surface area contributed by atoms with Crippen LogP contribution in [0.4, 0.5) is 11.6 Å². The Morgan fingerprint density at radius 1 is 1.74 bits per heavy atom. The Labute approximate surface area is 117 Å². The maximum Gasteiger partial charge on any atom is 0.372 e. The fourth-order valence-corrected chi connectivity index (χ4v) is 3.13. The molecule has 2 N–H and O–H groups in total. The zero-order chi connectivity index (χ0) is 14.0. The van der Waals surface area contributed by atoms with Gasteiger partial charge in [0.25, 0.3) is 4.96 Å². The van der Waals surface area contributed by atoms with Gasteiger partial charge in [0.1, 0.15) is 6.20 Å². The van der Waals surface area contributed by atoms with Crippen molar-refractivity contribution in [2.75, 3.05) is 18.2 Å². The third kappa shape index (κ3) is 2.67. The highest BCUT2D eigenvalue weighted by atomic mass is 32.2. The van der Waals surface area contributed by atoms with E-state index >= 15 is 0 Å². The molecule has 7 nitrogen and oxygen atoms in total. The fraction of sp³-hybridized carbons (Fsp3) is 0.500. The number of hydrogen-bond donors (Lipinski definition) is 2. The molecular weight excluding hydrogens is 288 g/mol. The van der Waals surface area contributed by atoms with Gasteiger partial charge in [0, 0.05) is 16.7 Å². The van der Waals surface area contributed by atoms with Crippen molar-refractivity contribution < 1.29 is 10.0 Å². The number of thioether (sulfide) groups is 1. The molecule has 0 radical (unpaired) electrons. The highest BCUT2D eigenvalue weighted by Crippen LogP contribution is 2.29. The lowest BCUT2D eigenvalue weighted by Crippen LogP contribution is -2.31. The largest absolute Gasteiger partial charge is 0.395 e. The van der Waals surface area contributed by atoms with Crippen LogP contribution in [-0.4, -0.2) is 43.6 Å². The van der Waals surface area contributed by atoms with Crippen molar-refractivity contribution in [2.24, 2.45) is 0 Å². The Morgan fingerprint density at radius 3 is 3.05 bits per heavy atom. The van der Waals surface area contributed by atoms with Gasteiger partial charge in [-0.15, -0.1) is 0 Å². The number of nitrogens with one attached hydrogen (secondary N) is 1. The highest BCUT2D eigenvalue weighted by molar-refractivity contribution is 7.99. The van der Waals surface area contributed by atoms with Crippen LogP contribution in [0.2, 0.25) is 0 Å². The first-order valence-corrected chi connectivity index (χ1v) is 7.75. The quantitative estimate of drug-likeness (QED) is 0.624. The van der Waals surface area contributed by atoms with Crippen molar-refractivity contribution >= 4 is 39.7 Å². The molecule has 2 rings (SSSR count). The van der Waals surface area contributed by atoms with E-state index in [2.05, 4.69) is 10.3 Å². The number of hydrogen-bond acceptors (Lipinski definition) is 7. The normalized spacial score (nSPS) is 14.5. The number of anilines is 1. The summed E-state index contributed by atoms with van der Waals surface area (Å²) in [6.07, 6.45) is 3.51. The minimum atomic E-state index is -0.450. The molecule has 9 heteroatoms. The monoisotopic (exact) mass is 302 g/mol. The molecule has 2 atom stereocenters. The molecule has 0 amide bonds. The van der Waals surface area contributed by atoms with Crippen LogP contribution in [0.5, 0.6) is 0 Å². The van der Waals surface area contributed by atoms with E-state index in [0.29, 0.717) is 4.96 Å². The summed E-state index contributed by atoms with van der Waals surface area (Å²) in [5.74, 6) is 0.178. The number of aliphatic hydroxyl groups is 1. The van der Waals surface area contributed by atoms with E-state index < -0.39 is 4.92 Å². The molecule has 2 unspecified atom stereocenters. The van der Waals surface area contributed by atoms with E-state index in [4.69, 9.17) is 0 Å². The lowest BCUT2D eigenvalue weighted by atomic mass is 10.2. The van der Waals surface area contributed by atoms with Crippen molar-refractivity contribution in [3.8, 4) is 0 Å². The Balaban J connectivity index is 2.31. The maximum atomic E-state index is 11.1. The first-order chi connectivity index (χ1) is 9.08. The third-order valence-electron chi connectivity index (χ3n) is 2.81. The summed E-state index contributed by atoms with van der Waals surface area (Å²) in [4.78, 5) is 15.5. The summed E-state index contributed by atoms with van der Waals surface area (Å²) in [5, 5.41) is 25.1. The highest BCUT2D eigenvalue weighted by Gasteiger charge is 2.26. The van der Waals surface area contributed by atoms with Crippen LogP contribution >= 0.6 is 23.1 Å². The molecule has 0 spiro atoms. The number of aromatic nitrogens is 2. The topological polar surface area (TPSA) is 92.7 Å². The van der Waals surface area contributed by atoms with Gasteiger partial charge in [0.2, 0.25) is 5.82 Å². The molecule has 0 saturated heterocycles. The zero-order valence-electron chi connectivity index (χ0n) is 10.4. The van der Waals surface area contributed by atoms with Crippen molar-refractivity contribution in [1.29, 1.82) is 0 Å². The molecule has 0 saturated carbocycles. The SMILES string of the molecule is CSC(CO)C(C)Nc1nc2sccn2c1[N+](=O)[O-]. The smallest absolute Gasteiger partial charge is 0.372 e. The summed E-state index contributed by atoms with van der Waals surface area (Å²) >= 11 is 2.85. The second-order valence-corrected chi connectivity index (χ2v) is 5.94. The summed E-state index contributed by atoms with van der Waals surface area (Å²) in [5.41, 5.74) is 0. The van der Waals surface area contributed by atoms with Crippen molar-refractivity contribution in [1.82, 2.24) is 9.38 Å². The average Bonchev–Trinajstić information content (AvgIpc) is 2.89. The average molecular weight is 302 g/mol. The predicted octanol–water partition coefficient (Wildman–Crippen LogP) is 1.83. The molecule has 0 aliphatic heterocycles. The molecule has 2 aromatic heterocycles. The second-order valence-electron chi connectivity index (χ2n) is 3.99. The molecule has 0 aliphatic carbocycles. The van der Waals surface area contributed by atoms with Gasteiger partial charge in [-0.2, -0.15) is 21.1 Å². The Kier molecular flexibility index (Phi) is 4.27. The molecular formula is C10H14N4O3S2. The fourth-order valence-electron chi connectivity index (χ4n) is 1.79. The van der Waals surface area contributed by atoms with Crippen molar-refractivity contribution in [2.45, 2.75) is 18.2 Å². The van der Waals surface area contributed by atoms with Crippen LogP contribution < -0.4 is 5.32 Å². The minimum Gasteiger partial charge on any atom is -0.395 e. The van der Waals surface area contributed by atoms with Gasteiger partial charge in [-0.05, 0) is 18.1 Å². The minimum absolute atomic E-state index is 0.00531. The summed E-state index contributed by atoms with van der Waals surface area (Å²) in [6, 6.07) is -0.122. The Hall–Kier alpha value is -1.32. The molecule has 19 heavy (non-hydrogen) atoms. The van der Waals surface area contributed by atoms with Gasteiger partial charge in [-0.1, -0.05) is 11.3 Å². The van der Waals surface area contributed by atoms with Crippen LogP contribution in [0, 0.1) is 10.1 Å². The molecule has 0 aliphatic rings. The van der Waals surface area contributed by atoms with Crippen LogP contribution in [0.3, 0.4) is 0 Å². The van der Waals surface area contributed by atoms with Gasteiger partial charge in [0.15, 0.2) is 0 Å². The summed E-state index contributed by atoms with van der Waals surface area (Å²) in [6.45, 7) is 1.87. The number of nitro groups is 1. The first-order valence-electron chi connectivity index (χ1n) is 5.58.